The van der Waals surface area contributed by atoms with E-state index in [4.69, 9.17) is 5.11 Å². The first-order chi connectivity index (χ1) is 5.61. The summed E-state index contributed by atoms with van der Waals surface area (Å²) in [6.45, 7) is 1.54. The minimum Gasteiger partial charge on any atom is -0.508 e. The van der Waals surface area contributed by atoms with Crippen LogP contribution in [-0.2, 0) is 0 Å². The lowest BCUT2D eigenvalue weighted by atomic mass is 10.2. The number of rotatable bonds is 2. The van der Waals surface area contributed by atoms with Crippen LogP contribution in [0.2, 0.25) is 0 Å². The van der Waals surface area contributed by atoms with Gasteiger partial charge in [-0.3, -0.25) is 4.84 Å². The van der Waals surface area contributed by atoms with E-state index in [1.807, 2.05) is 0 Å². The highest BCUT2D eigenvalue weighted by Crippen LogP contribution is 2.25. The Morgan fingerprint density at radius 3 is 2.83 bits per heavy atom. The van der Waals surface area contributed by atoms with Crippen LogP contribution in [0.5, 0.6) is 11.5 Å². The van der Waals surface area contributed by atoms with Crippen molar-refractivity contribution >= 4 is 0 Å². The molecule has 1 rings (SSSR count). The molecule has 0 amide bonds. The smallest absolute Gasteiger partial charge is 0.299 e. The van der Waals surface area contributed by atoms with Crippen molar-refractivity contribution in [2.75, 3.05) is 0 Å². The maximum absolute atomic E-state index is 9.93. The summed E-state index contributed by atoms with van der Waals surface area (Å²) in [7, 11) is 0. The van der Waals surface area contributed by atoms with Gasteiger partial charge in [0.15, 0.2) is 0 Å². The summed E-state index contributed by atoms with van der Waals surface area (Å²) < 4.78 is 0. The molecule has 64 valence electrons. The van der Waals surface area contributed by atoms with E-state index in [0.717, 1.165) is 0 Å². The van der Waals surface area contributed by atoms with E-state index in [1.54, 1.807) is 0 Å². The van der Waals surface area contributed by atoms with Gasteiger partial charge in [0.1, 0.15) is 11.5 Å². The third kappa shape index (κ3) is 1.63. The van der Waals surface area contributed by atoms with Gasteiger partial charge in [0, 0.05) is 5.56 Å². The van der Waals surface area contributed by atoms with Crippen molar-refractivity contribution in [1.82, 2.24) is 0 Å². The molecule has 0 aromatic heterocycles. The minimum absolute atomic E-state index is 0.0191. The second-order valence-corrected chi connectivity index (χ2v) is 2.22. The molecule has 1 aromatic rings. The van der Waals surface area contributed by atoms with Gasteiger partial charge in [-0.05, 0) is 19.1 Å². The van der Waals surface area contributed by atoms with E-state index in [-0.39, 0.29) is 11.5 Å². The molecule has 0 unspecified atom stereocenters. The molecule has 0 spiro atoms. The van der Waals surface area contributed by atoms with Gasteiger partial charge >= 0.3 is 0 Å². The van der Waals surface area contributed by atoms with Gasteiger partial charge in [0.25, 0.3) is 5.09 Å². The summed E-state index contributed by atoms with van der Waals surface area (Å²) in [5.41, 5.74) is 0.356. The van der Waals surface area contributed by atoms with E-state index in [9.17, 15) is 10.1 Å². The predicted molar refractivity (Wildman–Crippen MR) is 40.5 cm³/mol. The van der Waals surface area contributed by atoms with Gasteiger partial charge in [-0.2, -0.15) is 0 Å². The van der Waals surface area contributed by atoms with E-state index in [2.05, 4.69) is 4.84 Å². The molecule has 0 fully saturated rings. The minimum atomic E-state index is -0.915. The van der Waals surface area contributed by atoms with Crippen LogP contribution in [0.15, 0.2) is 18.2 Å². The van der Waals surface area contributed by atoms with Gasteiger partial charge in [-0.25, -0.2) is 0 Å². The van der Waals surface area contributed by atoms with Gasteiger partial charge in [0.05, 0.1) is 0 Å². The van der Waals surface area contributed by atoms with Gasteiger partial charge in [0.2, 0.25) is 0 Å². The topological polar surface area (TPSA) is 72.6 Å². The van der Waals surface area contributed by atoms with Crippen LogP contribution < -0.4 is 4.84 Å². The molecule has 0 heterocycles. The van der Waals surface area contributed by atoms with Crippen molar-refractivity contribution in [3.05, 3.63) is 33.9 Å². The highest BCUT2D eigenvalue weighted by Gasteiger charge is 2.05. The summed E-state index contributed by atoms with van der Waals surface area (Å²) in [5, 5.41) is 18.1. The standard InChI is InChI=1S/C7H7NO4/c1-5-6(9)3-2-4-7(5)12-8(10)11/h2-4,9H,1H3. The molecule has 0 aliphatic rings. The first kappa shape index (κ1) is 8.32. The number of nitrogens with zero attached hydrogens (tertiary/aromatic N) is 1. The van der Waals surface area contributed by atoms with Crippen molar-refractivity contribution in [2.45, 2.75) is 6.92 Å². The maximum Gasteiger partial charge on any atom is 0.299 e. The fourth-order valence-corrected chi connectivity index (χ4v) is 0.782. The number of phenolic OH excluding ortho intramolecular Hbond substituents is 1. The van der Waals surface area contributed by atoms with E-state index < -0.39 is 5.09 Å². The van der Waals surface area contributed by atoms with Crippen molar-refractivity contribution < 1.29 is 15.0 Å². The number of aromatic hydroxyl groups is 1. The molecule has 12 heavy (non-hydrogen) atoms. The monoisotopic (exact) mass is 169 g/mol. The molecule has 0 bridgehead atoms. The van der Waals surface area contributed by atoms with Crippen LogP contribution in [-0.4, -0.2) is 10.2 Å². The van der Waals surface area contributed by atoms with Crippen LogP contribution in [0.4, 0.5) is 0 Å². The van der Waals surface area contributed by atoms with Crippen LogP contribution in [0, 0.1) is 17.0 Å². The Kier molecular flexibility index (Phi) is 2.14. The Morgan fingerprint density at radius 1 is 1.58 bits per heavy atom. The van der Waals surface area contributed by atoms with Crippen LogP contribution >= 0.6 is 0 Å². The fraction of sp³-hybridized carbons (Fsp3) is 0.143. The predicted octanol–water partition coefficient (Wildman–Crippen LogP) is 1.27. The van der Waals surface area contributed by atoms with Crippen LogP contribution in [0.1, 0.15) is 5.56 Å². The summed E-state index contributed by atoms with van der Waals surface area (Å²) in [5.74, 6) is 0.0364. The average molecular weight is 169 g/mol. The Hall–Kier alpha value is -1.78. The molecule has 0 radical (unpaired) electrons. The molecule has 5 heteroatoms. The van der Waals surface area contributed by atoms with E-state index in [1.165, 1.54) is 25.1 Å². The molecule has 0 atom stereocenters. The van der Waals surface area contributed by atoms with Crippen molar-refractivity contribution in [3.8, 4) is 11.5 Å². The summed E-state index contributed by atoms with van der Waals surface area (Å²) in [6, 6.07) is 4.32. The summed E-state index contributed by atoms with van der Waals surface area (Å²) >= 11 is 0. The van der Waals surface area contributed by atoms with Crippen molar-refractivity contribution in [3.63, 3.8) is 0 Å². The number of benzene rings is 1. The highest BCUT2D eigenvalue weighted by atomic mass is 17.0. The van der Waals surface area contributed by atoms with Crippen LogP contribution in [0.3, 0.4) is 0 Å². The lowest BCUT2D eigenvalue weighted by Crippen LogP contribution is -2.04. The fourth-order valence-electron chi connectivity index (χ4n) is 0.782. The Morgan fingerprint density at radius 2 is 2.25 bits per heavy atom. The lowest BCUT2D eigenvalue weighted by molar-refractivity contribution is -0.711. The van der Waals surface area contributed by atoms with Gasteiger partial charge in [-0.1, -0.05) is 6.07 Å². The third-order valence-electron chi connectivity index (χ3n) is 1.43. The summed E-state index contributed by atoms with van der Waals surface area (Å²) in [6.07, 6.45) is 0. The van der Waals surface area contributed by atoms with Crippen molar-refractivity contribution in [2.24, 2.45) is 0 Å². The maximum atomic E-state index is 9.93. The third-order valence-corrected chi connectivity index (χ3v) is 1.43. The lowest BCUT2D eigenvalue weighted by Gasteiger charge is -2.03. The number of hydrogen-bond acceptors (Lipinski definition) is 4. The molecular weight excluding hydrogens is 162 g/mol. The first-order valence-electron chi connectivity index (χ1n) is 3.22. The molecule has 1 N–H and O–H groups in total. The van der Waals surface area contributed by atoms with Crippen LogP contribution in [0.25, 0.3) is 0 Å². The average Bonchev–Trinajstić information content (AvgIpc) is 1.98. The Balaban J connectivity index is 3.00. The zero-order valence-electron chi connectivity index (χ0n) is 6.35. The quantitative estimate of drug-likeness (QED) is 0.534. The Bertz CT molecular complexity index is 310. The second kappa shape index (κ2) is 3.08. The second-order valence-electron chi connectivity index (χ2n) is 2.22. The van der Waals surface area contributed by atoms with Crippen molar-refractivity contribution in [1.29, 1.82) is 0 Å². The molecule has 0 saturated carbocycles. The van der Waals surface area contributed by atoms with Gasteiger partial charge < -0.3 is 5.11 Å². The Labute approximate surface area is 68.3 Å². The molecular formula is C7H7NO4. The van der Waals surface area contributed by atoms with E-state index in [0.29, 0.717) is 5.56 Å². The number of hydrogen-bond donors (Lipinski definition) is 1. The van der Waals surface area contributed by atoms with Gasteiger partial charge in [-0.15, -0.1) is 10.1 Å². The largest absolute Gasteiger partial charge is 0.508 e. The molecule has 0 saturated heterocycles. The molecule has 5 nitrogen and oxygen atoms in total. The number of phenols is 1. The normalized spacial score (nSPS) is 9.42. The molecule has 1 aromatic carbocycles. The zero-order chi connectivity index (χ0) is 9.14. The highest BCUT2D eigenvalue weighted by molar-refractivity contribution is 5.42. The summed E-state index contributed by atoms with van der Waals surface area (Å²) in [4.78, 5) is 14.1. The molecule has 0 aliphatic carbocycles. The van der Waals surface area contributed by atoms with E-state index >= 15 is 0 Å². The molecule has 0 aliphatic heterocycles. The zero-order valence-corrected chi connectivity index (χ0v) is 6.35. The SMILES string of the molecule is Cc1c(O)cccc1O[N+](=O)[O-]. The first-order valence-corrected chi connectivity index (χ1v) is 3.22.